The minimum Gasteiger partial charge on any atom is -0.478 e. The molecule has 19 heavy (non-hydrogen) atoms. The van der Waals surface area contributed by atoms with Crippen LogP contribution in [0.2, 0.25) is 0 Å². The molecule has 4 N–H and O–H groups in total. The van der Waals surface area contributed by atoms with Crippen molar-refractivity contribution < 1.29 is 18.3 Å². The lowest BCUT2D eigenvalue weighted by atomic mass is 10.3. The smallest absolute Gasteiger partial charge is 0.255 e. The number of rotatable bonds is 6. The molecule has 0 heterocycles. The topological polar surface area (TPSA) is 78.3 Å². The number of primary amides is 1. The minimum atomic E-state index is -0.870. The van der Waals surface area contributed by atoms with Crippen molar-refractivity contribution in [1.29, 1.82) is 0 Å². The maximum atomic E-state index is 13.4. The van der Waals surface area contributed by atoms with Crippen molar-refractivity contribution in [1.82, 2.24) is 0 Å². The first-order valence-electron chi connectivity index (χ1n) is 5.77. The lowest BCUT2D eigenvalue weighted by Gasteiger charge is -2.08. The number of carbonyl (C=O) groups excluding carboxylic acids is 1. The Kier molecular flexibility index (Phi) is 8.90. The van der Waals surface area contributed by atoms with Gasteiger partial charge in [0.05, 0.1) is 0 Å². The molecule has 1 aromatic rings. The number of hydrogen-bond donors (Lipinski definition) is 2. The normalized spacial score (nSPS) is 9.53. The van der Waals surface area contributed by atoms with Crippen LogP contribution in [0.15, 0.2) is 17.0 Å². The minimum absolute atomic E-state index is 0.411. The van der Waals surface area contributed by atoms with E-state index in [0.717, 1.165) is 12.1 Å². The second-order valence-corrected chi connectivity index (χ2v) is 4.28. The van der Waals surface area contributed by atoms with Gasteiger partial charge in [-0.25, -0.2) is 8.78 Å². The highest BCUT2D eigenvalue weighted by molar-refractivity contribution is 7.99. The Labute approximate surface area is 115 Å². The highest BCUT2D eigenvalue weighted by Crippen LogP contribution is 2.28. The molecule has 0 radical (unpaired) electrons. The van der Waals surface area contributed by atoms with Crippen molar-refractivity contribution in [2.45, 2.75) is 18.7 Å². The van der Waals surface area contributed by atoms with Crippen molar-refractivity contribution in [2.75, 3.05) is 18.9 Å². The summed E-state index contributed by atoms with van der Waals surface area (Å²) in [5.41, 5.74) is 10.1. The van der Waals surface area contributed by atoms with E-state index in [1.165, 1.54) is 11.8 Å². The third kappa shape index (κ3) is 6.40. The summed E-state index contributed by atoms with van der Waals surface area (Å²) in [6.07, 6.45) is 0. The van der Waals surface area contributed by atoms with Crippen LogP contribution >= 0.6 is 11.8 Å². The van der Waals surface area contributed by atoms with Gasteiger partial charge in [0.25, 0.3) is 5.91 Å². The molecule has 0 aliphatic heterocycles. The molecule has 0 fully saturated rings. The fraction of sp³-hybridized carbons (Fsp3) is 0.417. The highest BCUT2D eigenvalue weighted by Gasteiger charge is 2.13. The summed E-state index contributed by atoms with van der Waals surface area (Å²) in [5, 5.41) is 0. The van der Waals surface area contributed by atoms with Gasteiger partial charge in [0.15, 0.2) is 24.0 Å². The van der Waals surface area contributed by atoms with Gasteiger partial charge in [0.1, 0.15) is 0 Å². The number of hydrogen-bond acceptors (Lipinski definition) is 4. The van der Waals surface area contributed by atoms with Crippen LogP contribution in [-0.2, 0) is 4.79 Å². The molecular weight excluding hydrogens is 274 g/mol. The van der Waals surface area contributed by atoms with Crippen LogP contribution < -0.4 is 16.2 Å². The molecule has 0 aliphatic carbocycles. The monoisotopic (exact) mass is 292 g/mol. The van der Waals surface area contributed by atoms with Gasteiger partial charge < -0.3 is 16.2 Å². The van der Waals surface area contributed by atoms with Gasteiger partial charge in [0.2, 0.25) is 0 Å². The Hall–Kier alpha value is -1.34. The van der Waals surface area contributed by atoms with E-state index in [4.69, 9.17) is 11.5 Å². The fourth-order valence-corrected chi connectivity index (χ4v) is 1.81. The van der Waals surface area contributed by atoms with Crippen LogP contribution in [0, 0.1) is 11.6 Å². The standard InChI is InChI=1S/C10H12F2N2O2S.C2H6/c11-7-3-6(17-2-1-13)4-8(12)10(7)16-5-9(14)15;1-2/h3-4H,1-2,5,13H2,(H2,14,15);1-2H3. The van der Waals surface area contributed by atoms with E-state index in [1.807, 2.05) is 13.8 Å². The molecule has 0 aliphatic rings. The largest absolute Gasteiger partial charge is 0.478 e. The number of nitrogens with two attached hydrogens (primary N) is 2. The van der Waals surface area contributed by atoms with Gasteiger partial charge in [-0.1, -0.05) is 13.8 Å². The summed E-state index contributed by atoms with van der Waals surface area (Å²) in [7, 11) is 0. The Bertz CT molecular complexity index is 394. The number of benzene rings is 1. The predicted octanol–water partition coefficient (Wildman–Crippen LogP) is 1.91. The number of carbonyl (C=O) groups is 1. The van der Waals surface area contributed by atoms with Crippen molar-refractivity contribution in [3.8, 4) is 5.75 Å². The van der Waals surface area contributed by atoms with Gasteiger partial charge >= 0.3 is 0 Å². The summed E-state index contributed by atoms with van der Waals surface area (Å²) in [6, 6.07) is 2.25. The molecule has 0 saturated heterocycles. The molecule has 1 amide bonds. The molecule has 1 aromatic carbocycles. The van der Waals surface area contributed by atoms with Gasteiger partial charge in [-0.3, -0.25) is 4.79 Å². The number of amides is 1. The second-order valence-electron chi connectivity index (χ2n) is 3.11. The zero-order valence-electron chi connectivity index (χ0n) is 10.9. The molecule has 0 bridgehead atoms. The van der Waals surface area contributed by atoms with E-state index in [0.29, 0.717) is 17.2 Å². The number of halogens is 2. The first-order chi connectivity index (χ1) is 9.04. The van der Waals surface area contributed by atoms with Gasteiger partial charge in [-0.2, -0.15) is 0 Å². The summed E-state index contributed by atoms with van der Waals surface area (Å²) < 4.78 is 31.5. The van der Waals surface area contributed by atoms with E-state index in [9.17, 15) is 13.6 Å². The Morgan fingerprint density at radius 2 is 1.84 bits per heavy atom. The molecule has 0 unspecified atom stereocenters. The van der Waals surface area contributed by atoms with Crippen molar-refractivity contribution >= 4 is 17.7 Å². The van der Waals surface area contributed by atoms with E-state index >= 15 is 0 Å². The van der Waals surface area contributed by atoms with Gasteiger partial charge in [-0.15, -0.1) is 11.8 Å². The maximum Gasteiger partial charge on any atom is 0.255 e. The molecule has 108 valence electrons. The van der Waals surface area contributed by atoms with Crippen LogP contribution in [-0.4, -0.2) is 24.8 Å². The van der Waals surface area contributed by atoms with Crippen LogP contribution in [0.5, 0.6) is 5.75 Å². The Balaban J connectivity index is 0.00000154. The third-order valence-electron chi connectivity index (χ3n) is 1.72. The highest BCUT2D eigenvalue weighted by atomic mass is 32.2. The van der Waals surface area contributed by atoms with Crippen molar-refractivity contribution in [3.63, 3.8) is 0 Å². The molecule has 0 atom stereocenters. The summed E-state index contributed by atoms with van der Waals surface area (Å²) in [6.45, 7) is 3.84. The van der Waals surface area contributed by atoms with E-state index in [1.54, 1.807) is 0 Å². The number of thioether (sulfide) groups is 1. The maximum absolute atomic E-state index is 13.4. The van der Waals surface area contributed by atoms with E-state index < -0.39 is 29.9 Å². The average Bonchev–Trinajstić information content (AvgIpc) is 2.37. The van der Waals surface area contributed by atoms with Crippen molar-refractivity contribution in [3.05, 3.63) is 23.8 Å². The molecule has 7 heteroatoms. The van der Waals surface area contributed by atoms with Gasteiger partial charge in [-0.05, 0) is 12.1 Å². The van der Waals surface area contributed by atoms with Crippen LogP contribution in [0.4, 0.5) is 8.78 Å². The van der Waals surface area contributed by atoms with Crippen LogP contribution in [0.3, 0.4) is 0 Å². The average molecular weight is 292 g/mol. The van der Waals surface area contributed by atoms with Crippen LogP contribution in [0.25, 0.3) is 0 Å². The van der Waals surface area contributed by atoms with Crippen molar-refractivity contribution in [2.24, 2.45) is 11.5 Å². The lowest BCUT2D eigenvalue weighted by Crippen LogP contribution is -2.20. The van der Waals surface area contributed by atoms with Crippen LogP contribution in [0.1, 0.15) is 13.8 Å². The quantitative estimate of drug-likeness (QED) is 0.785. The third-order valence-corrected chi connectivity index (χ3v) is 2.73. The molecule has 0 aromatic heterocycles. The fourth-order valence-electron chi connectivity index (χ4n) is 1.08. The number of ether oxygens (including phenoxy) is 1. The molecule has 4 nitrogen and oxygen atoms in total. The molecule has 0 spiro atoms. The summed E-state index contributed by atoms with van der Waals surface area (Å²) in [4.78, 5) is 10.9. The SMILES string of the molecule is CC.NCCSc1cc(F)c(OCC(N)=O)c(F)c1. The Morgan fingerprint density at radius 3 is 2.26 bits per heavy atom. The Morgan fingerprint density at radius 1 is 1.32 bits per heavy atom. The zero-order valence-corrected chi connectivity index (χ0v) is 11.7. The van der Waals surface area contributed by atoms with Gasteiger partial charge in [0, 0.05) is 17.2 Å². The lowest BCUT2D eigenvalue weighted by molar-refractivity contribution is -0.120. The summed E-state index contributed by atoms with van der Waals surface area (Å²) in [5.74, 6) is -2.58. The second kappa shape index (κ2) is 9.57. The molecule has 0 saturated carbocycles. The molecule has 1 rings (SSSR count). The first-order valence-corrected chi connectivity index (χ1v) is 6.76. The predicted molar refractivity (Wildman–Crippen MR) is 72.2 cm³/mol. The van der Waals surface area contributed by atoms with E-state index in [2.05, 4.69) is 4.74 Å². The van der Waals surface area contributed by atoms with E-state index in [-0.39, 0.29) is 0 Å². The summed E-state index contributed by atoms with van der Waals surface area (Å²) >= 11 is 1.23. The first kappa shape index (κ1) is 17.7. The zero-order chi connectivity index (χ0) is 14.8. The molecular formula is C12H18F2N2O2S.